The highest BCUT2D eigenvalue weighted by Gasteiger charge is 2.48. The van der Waals surface area contributed by atoms with Crippen LogP contribution in [0.3, 0.4) is 0 Å². The molecule has 15 N–H and O–H groups in total. The van der Waals surface area contributed by atoms with Crippen LogP contribution in [0, 0.1) is 0 Å². The van der Waals surface area contributed by atoms with Crippen LogP contribution in [0.4, 0.5) is 0 Å². The SMILES string of the molecule is CC(=O)N[C@@H]1C(O)[C@H](O)C(CO)O[C@@H]1OCCOCCOCCn1cc(COCC(COCc2cn(CCOCCOCCO[C@H]3OC(CO)[C@@H](O)C(O)[C@H]3NC(C)=O)nn2)(COCc2cn(CCOCCOCCO[C@H]3OC(CO)[C@@H](O)C(O)[C@H]3NC(C)=O)nn2)NC(=O)CCNC(=O)CCOCCOCCNC(=O)CCN2C(=O)C=C(CCN=[N+]=[N-])C2=O)nn1. The van der Waals surface area contributed by atoms with E-state index in [0.29, 0.717) is 17.1 Å². The van der Waals surface area contributed by atoms with E-state index in [-0.39, 0.29) is 242 Å². The summed E-state index contributed by atoms with van der Waals surface area (Å²) in [6, 6.07) is -3.33. The van der Waals surface area contributed by atoms with Crippen LogP contribution < -0.4 is 31.9 Å². The molecular formula is C74H121N19O34. The molecular weight excluding hydrogens is 1700 g/mol. The second-order valence-corrected chi connectivity index (χ2v) is 29.2. The van der Waals surface area contributed by atoms with E-state index in [1.165, 1.54) is 34.8 Å². The first-order valence-electron chi connectivity index (χ1n) is 41.3. The van der Waals surface area contributed by atoms with Crippen molar-refractivity contribution >= 4 is 47.3 Å². The summed E-state index contributed by atoms with van der Waals surface area (Å²) in [6.07, 6.45) is -10.1. The van der Waals surface area contributed by atoms with Gasteiger partial charge >= 0.3 is 0 Å². The number of nitrogens with zero attached hydrogens (tertiary/aromatic N) is 13. The van der Waals surface area contributed by atoms with Crippen molar-refractivity contribution in [2.24, 2.45) is 5.11 Å². The maximum Gasteiger partial charge on any atom is 0.256 e. The number of aliphatic hydroxyl groups is 9. The van der Waals surface area contributed by atoms with Crippen molar-refractivity contribution in [3.8, 4) is 0 Å². The Kier molecular flexibility index (Phi) is 48.9. The van der Waals surface area contributed by atoms with E-state index in [2.05, 4.69) is 72.9 Å². The summed E-state index contributed by atoms with van der Waals surface area (Å²) in [5, 5.41) is 136. The lowest BCUT2D eigenvalue weighted by molar-refractivity contribution is -0.272. The van der Waals surface area contributed by atoms with Crippen LogP contribution in [-0.4, -0.2) is 432 Å². The molecule has 53 nitrogen and oxygen atoms in total. The average Bonchev–Trinajstić information content (AvgIpc) is 1.43. The Bertz CT molecular complexity index is 3560. The maximum atomic E-state index is 14.2. The fraction of sp³-hybridized carbons (Fsp3) is 0.784. The third kappa shape index (κ3) is 38.2. The Hall–Kier alpha value is -8.61. The largest absolute Gasteiger partial charge is 0.394 e. The van der Waals surface area contributed by atoms with Crippen molar-refractivity contribution in [3.05, 3.63) is 57.8 Å². The molecule has 8 amide bonds. The highest BCUT2D eigenvalue weighted by atomic mass is 16.7. The van der Waals surface area contributed by atoms with Gasteiger partial charge in [0.25, 0.3) is 11.8 Å². The van der Waals surface area contributed by atoms with E-state index >= 15 is 0 Å². The molecule has 0 saturated carbocycles. The number of aromatic nitrogens is 9. The summed E-state index contributed by atoms with van der Waals surface area (Å²) in [7, 11) is 0. The van der Waals surface area contributed by atoms with Gasteiger partial charge in [0.2, 0.25) is 35.4 Å². The number of amides is 8. The van der Waals surface area contributed by atoms with Crippen LogP contribution >= 0.6 is 0 Å². The Morgan fingerprint density at radius 1 is 0.449 bits per heavy atom. The lowest BCUT2D eigenvalue weighted by Gasteiger charge is -2.42. The zero-order chi connectivity index (χ0) is 91.7. The number of carbonyl (C=O) groups is 8. The maximum absolute atomic E-state index is 14.2. The topological polar surface area (TPSA) is 692 Å². The Balaban J connectivity index is 0.909. The van der Waals surface area contributed by atoms with Crippen LogP contribution in [0.1, 0.15) is 63.5 Å². The molecule has 7 rings (SSSR count). The number of imide groups is 1. The van der Waals surface area contributed by atoms with Gasteiger partial charge in [-0.25, -0.2) is 14.0 Å². The van der Waals surface area contributed by atoms with Gasteiger partial charge in [-0.2, -0.15) is 0 Å². The third-order valence-electron chi connectivity index (χ3n) is 19.1. The predicted octanol–water partition coefficient (Wildman–Crippen LogP) is -9.32. The second kappa shape index (κ2) is 58.8. The molecule has 53 heteroatoms. The fourth-order valence-electron chi connectivity index (χ4n) is 12.8. The van der Waals surface area contributed by atoms with E-state index in [1.807, 2.05) is 0 Å². The number of hydrogen-bond donors (Lipinski definition) is 15. The molecule has 15 atom stereocenters. The number of hydrogen-bond acceptors (Lipinski definition) is 41. The fourth-order valence-corrected chi connectivity index (χ4v) is 12.8. The number of nitrogens with one attached hydrogen (secondary N) is 6. The molecule has 3 fully saturated rings. The first-order valence-corrected chi connectivity index (χ1v) is 41.3. The van der Waals surface area contributed by atoms with Crippen LogP contribution in [0.5, 0.6) is 0 Å². The van der Waals surface area contributed by atoms with Gasteiger partial charge in [-0.15, -0.1) is 15.3 Å². The molecule has 0 radical (unpaired) electrons. The molecule has 4 aliphatic heterocycles. The van der Waals surface area contributed by atoms with Gasteiger partial charge < -0.3 is 158 Å². The van der Waals surface area contributed by atoms with Gasteiger partial charge in [0.15, 0.2) is 18.9 Å². The van der Waals surface area contributed by atoms with Gasteiger partial charge in [-0.3, -0.25) is 43.3 Å². The third-order valence-corrected chi connectivity index (χ3v) is 19.1. The van der Waals surface area contributed by atoms with E-state index in [4.69, 9.17) is 86.1 Å². The Labute approximate surface area is 729 Å². The molecule has 0 aromatic carbocycles. The summed E-state index contributed by atoms with van der Waals surface area (Å²) in [6.45, 7) is 3.32. The molecule has 3 aromatic rings. The smallest absolute Gasteiger partial charge is 0.256 e. The lowest BCUT2D eigenvalue weighted by atomic mass is 9.97. The van der Waals surface area contributed by atoms with Crippen molar-refractivity contribution in [3.63, 3.8) is 0 Å². The normalized spacial score (nSPS) is 23.5. The van der Waals surface area contributed by atoms with Gasteiger partial charge in [-0.1, -0.05) is 20.8 Å². The molecule has 0 bridgehead atoms. The number of carbonyl (C=O) groups excluding carboxylic acids is 8. The quantitative estimate of drug-likeness (QED) is 0.00820. The zero-order valence-corrected chi connectivity index (χ0v) is 71.1. The lowest BCUT2D eigenvalue weighted by Crippen LogP contribution is -2.64. The molecule has 3 aromatic heterocycles. The molecule has 6 unspecified atom stereocenters. The van der Waals surface area contributed by atoms with E-state index in [0.717, 1.165) is 11.0 Å². The number of rotatable bonds is 67. The van der Waals surface area contributed by atoms with Crippen molar-refractivity contribution in [1.29, 1.82) is 0 Å². The summed E-state index contributed by atoms with van der Waals surface area (Å²) in [4.78, 5) is 103. The second-order valence-electron chi connectivity index (χ2n) is 29.2. The minimum atomic E-state index is -1.50. The first kappa shape index (κ1) is 105. The van der Waals surface area contributed by atoms with Crippen LogP contribution in [-0.2, 0) is 158 Å². The van der Waals surface area contributed by atoms with Crippen molar-refractivity contribution in [1.82, 2.24) is 81.8 Å². The van der Waals surface area contributed by atoms with Gasteiger partial charge in [0, 0.05) is 82.8 Å². The van der Waals surface area contributed by atoms with Crippen molar-refractivity contribution in [2.75, 3.05) is 191 Å². The minimum absolute atomic E-state index is 0.000246. The molecule has 716 valence electrons. The highest BCUT2D eigenvalue weighted by Crippen LogP contribution is 2.26. The minimum Gasteiger partial charge on any atom is -0.394 e. The average molecular weight is 1820 g/mol. The monoisotopic (exact) mass is 1820 g/mol. The molecule has 7 heterocycles. The van der Waals surface area contributed by atoms with Gasteiger partial charge in [0.1, 0.15) is 95.7 Å². The van der Waals surface area contributed by atoms with Crippen LogP contribution in [0.25, 0.3) is 10.4 Å². The zero-order valence-electron chi connectivity index (χ0n) is 71.1. The predicted molar refractivity (Wildman–Crippen MR) is 424 cm³/mol. The molecule has 0 aliphatic carbocycles. The Morgan fingerprint density at radius 2 is 0.803 bits per heavy atom. The first-order chi connectivity index (χ1) is 61.3. The number of ether oxygens (including phenoxy) is 17. The summed E-state index contributed by atoms with van der Waals surface area (Å²) in [5.74, 6) is -3.99. The van der Waals surface area contributed by atoms with E-state index in [1.54, 1.807) is 18.6 Å². The molecule has 3 saturated heterocycles. The van der Waals surface area contributed by atoms with Crippen molar-refractivity contribution < 1.29 is 165 Å². The van der Waals surface area contributed by atoms with Gasteiger partial charge in [0.05, 0.1) is 223 Å². The summed E-state index contributed by atoms with van der Waals surface area (Å²) < 4.78 is 102. The summed E-state index contributed by atoms with van der Waals surface area (Å²) in [5.41, 5.74) is 8.35. The summed E-state index contributed by atoms with van der Waals surface area (Å²) >= 11 is 0. The number of azide groups is 1. The van der Waals surface area contributed by atoms with E-state index < -0.39 is 165 Å². The molecule has 127 heavy (non-hydrogen) atoms. The standard InChI is InChI=1S/C74H121N19O34/c1-47(97)79-61-67(107)64(104)54(38-94)125-71(61)122-31-28-116-25-22-113-17-12-90-35-51(83-87-90)41-119-44-74(45-120-42-52-36-91(88-84-52)13-18-114-23-26-117-29-32-123-72-62(80-48(2)98)68(108)65(105)55(39-95)126-72,46-121-43-53-37-92(89-85-53)14-19-115-24-27-118-30-33-124-73-63(81-49(3)99)69(109)66(106)56(40-96)127-73)82-59(102)5-8-76-58(101)7-15-111-20-21-112-16-10-77-57(100)6-11-93-60(103)34-50(70(93)110)4-9-78-86-75/h34-37,54-56,61-69,71-73,94-96,104-109H,4-33,38-46H2,1-3H3,(H,76,101)(H,77,100)(H,79,97)(H,80,98)(H,81,99)(H,82,102)/t54?,55?,56?,61-,62-,63-,64-,65-,66-,67?,68?,69?,71+,72+,73+,74?/m1/s1. The van der Waals surface area contributed by atoms with Gasteiger partial charge in [-0.05, 0) is 12.0 Å². The highest BCUT2D eigenvalue weighted by molar-refractivity contribution is 6.16. The van der Waals surface area contributed by atoms with Crippen LogP contribution in [0.15, 0.2) is 35.4 Å². The molecule has 0 spiro atoms. The molecule has 4 aliphatic rings. The number of aliphatic hydroxyl groups excluding tert-OH is 9. The van der Waals surface area contributed by atoms with E-state index in [9.17, 15) is 84.3 Å². The van der Waals surface area contributed by atoms with Crippen LogP contribution in [0.2, 0.25) is 0 Å². The Morgan fingerprint density at radius 3 is 1.18 bits per heavy atom. The van der Waals surface area contributed by atoms with Crippen molar-refractivity contribution in [2.45, 2.75) is 183 Å².